The molecule has 0 aliphatic carbocycles. The van der Waals surface area contributed by atoms with E-state index in [2.05, 4.69) is 27.3 Å². The maximum absolute atomic E-state index is 11.0. The highest BCUT2D eigenvalue weighted by molar-refractivity contribution is 5.75. The van der Waals surface area contributed by atoms with Gasteiger partial charge >= 0.3 is 0 Å². The summed E-state index contributed by atoms with van der Waals surface area (Å²) < 4.78 is 10.9. The largest absolute Gasteiger partial charge is 0.493 e. The molecule has 1 saturated heterocycles. The van der Waals surface area contributed by atoms with Gasteiger partial charge < -0.3 is 20.5 Å². The standard InChI is InChI=1S/C25H29N5O3/c1-17-5-3-11-27-25(17)29-19-8-9-20(28-14-19)21-6-4-12-30(21)15-18-7-10-22(23(13-18)32-2)33-16-24(26)31/h3,5,7-11,13-14,21H,4,6,12,15-16H2,1-2H3,(H2,26,31)(H,27,29)/t21-/m0/s1. The summed E-state index contributed by atoms with van der Waals surface area (Å²) in [7, 11) is 1.58. The number of aromatic nitrogens is 2. The Kier molecular flexibility index (Phi) is 7.04. The van der Waals surface area contributed by atoms with Crippen LogP contribution in [0.5, 0.6) is 11.5 Å². The highest BCUT2D eigenvalue weighted by Crippen LogP contribution is 2.34. The first kappa shape index (κ1) is 22.5. The third kappa shape index (κ3) is 5.59. The minimum atomic E-state index is -0.523. The van der Waals surface area contributed by atoms with E-state index in [1.54, 1.807) is 13.3 Å². The monoisotopic (exact) mass is 447 g/mol. The number of amides is 1. The van der Waals surface area contributed by atoms with E-state index in [9.17, 15) is 4.79 Å². The number of benzene rings is 1. The molecule has 0 radical (unpaired) electrons. The molecule has 3 N–H and O–H groups in total. The van der Waals surface area contributed by atoms with Crippen LogP contribution >= 0.6 is 0 Å². The van der Waals surface area contributed by atoms with Crippen LogP contribution in [-0.2, 0) is 11.3 Å². The molecule has 4 rings (SSSR count). The first-order valence-electron chi connectivity index (χ1n) is 11.0. The van der Waals surface area contributed by atoms with Crippen LogP contribution in [0, 0.1) is 6.92 Å². The second-order valence-electron chi connectivity index (χ2n) is 8.13. The molecule has 172 valence electrons. The number of hydrogen-bond donors (Lipinski definition) is 2. The van der Waals surface area contributed by atoms with Crippen LogP contribution in [0.25, 0.3) is 0 Å². The average Bonchev–Trinajstić information content (AvgIpc) is 3.28. The molecular weight excluding hydrogens is 418 g/mol. The SMILES string of the molecule is COc1cc(CN2CCC[C@H]2c2ccc(Nc3ncccc3C)cn2)ccc1OCC(N)=O. The number of ether oxygens (including phenoxy) is 2. The number of nitrogens with two attached hydrogens (primary N) is 1. The molecule has 1 amide bonds. The van der Waals surface area contributed by atoms with E-state index in [-0.39, 0.29) is 12.6 Å². The van der Waals surface area contributed by atoms with Gasteiger partial charge in [-0.3, -0.25) is 14.7 Å². The van der Waals surface area contributed by atoms with E-state index in [0.29, 0.717) is 11.5 Å². The number of carbonyl (C=O) groups is 1. The number of methoxy groups -OCH3 is 1. The van der Waals surface area contributed by atoms with Crippen molar-refractivity contribution in [1.82, 2.24) is 14.9 Å². The maximum atomic E-state index is 11.0. The molecule has 0 spiro atoms. The summed E-state index contributed by atoms with van der Waals surface area (Å²) in [5, 5.41) is 3.33. The molecule has 1 aromatic carbocycles. The quantitative estimate of drug-likeness (QED) is 0.515. The molecule has 3 aromatic rings. The lowest BCUT2D eigenvalue weighted by molar-refractivity contribution is -0.119. The molecule has 1 aliphatic heterocycles. The number of rotatable bonds is 9. The van der Waals surface area contributed by atoms with Crippen LogP contribution in [0.1, 0.15) is 35.7 Å². The van der Waals surface area contributed by atoms with Gasteiger partial charge in [0.1, 0.15) is 5.82 Å². The zero-order valence-corrected chi connectivity index (χ0v) is 19.0. The van der Waals surface area contributed by atoms with Crippen molar-refractivity contribution in [1.29, 1.82) is 0 Å². The van der Waals surface area contributed by atoms with Gasteiger partial charge in [0.05, 0.1) is 30.7 Å². The van der Waals surface area contributed by atoms with Crippen molar-refractivity contribution in [3.8, 4) is 11.5 Å². The van der Waals surface area contributed by atoms with Gasteiger partial charge in [0.2, 0.25) is 0 Å². The van der Waals surface area contributed by atoms with Crippen LogP contribution in [0.4, 0.5) is 11.5 Å². The molecule has 8 heteroatoms. The number of carbonyl (C=O) groups excluding carboxylic acids is 1. The zero-order chi connectivity index (χ0) is 23.2. The number of primary amides is 1. The fourth-order valence-electron chi connectivity index (χ4n) is 4.09. The highest BCUT2D eigenvalue weighted by Gasteiger charge is 2.27. The van der Waals surface area contributed by atoms with Crippen LogP contribution in [0.2, 0.25) is 0 Å². The van der Waals surface area contributed by atoms with Crippen molar-refractivity contribution in [3.63, 3.8) is 0 Å². The first-order valence-corrected chi connectivity index (χ1v) is 11.0. The number of aryl methyl sites for hydroxylation is 1. The molecule has 2 aromatic heterocycles. The Morgan fingerprint density at radius 2 is 2.09 bits per heavy atom. The van der Waals surface area contributed by atoms with Crippen molar-refractivity contribution in [3.05, 3.63) is 71.7 Å². The van der Waals surface area contributed by atoms with Crippen molar-refractivity contribution in [2.24, 2.45) is 5.73 Å². The van der Waals surface area contributed by atoms with Crippen molar-refractivity contribution >= 4 is 17.4 Å². The van der Waals surface area contributed by atoms with Crippen LogP contribution in [-0.4, -0.2) is 41.0 Å². The lowest BCUT2D eigenvalue weighted by atomic mass is 10.1. The Labute approximate surface area is 193 Å². The first-order chi connectivity index (χ1) is 16.0. The van der Waals surface area contributed by atoms with E-state index in [4.69, 9.17) is 20.2 Å². The fourth-order valence-corrected chi connectivity index (χ4v) is 4.09. The van der Waals surface area contributed by atoms with E-state index in [1.807, 2.05) is 43.5 Å². The van der Waals surface area contributed by atoms with Gasteiger partial charge in [-0.25, -0.2) is 4.98 Å². The zero-order valence-electron chi connectivity index (χ0n) is 19.0. The summed E-state index contributed by atoms with van der Waals surface area (Å²) in [6.45, 7) is 3.62. The van der Waals surface area contributed by atoms with Gasteiger partial charge in [0, 0.05) is 12.7 Å². The number of nitrogens with one attached hydrogen (secondary N) is 1. The normalized spacial score (nSPS) is 15.9. The molecule has 0 saturated carbocycles. The Morgan fingerprint density at radius 3 is 2.82 bits per heavy atom. The molecule has 1 atom stereocenters. The van der Waals surface area contributed by atoms with Crippen molar-refractivity contribution in [2.45, 2.75) is 32.4 Å². The molecule has 8 nitrogen and oxygen atoms in total. The molecule has 0 unspecified atom stereocenters. The Bertz CT molecular complexity index is 1100. The molecule has 1 fully saturated rings. The maximum Gasteiger partial charge on any atom is 0.255 e. The predicted molar refractivity (Wildman–Crippen MR) is 127 cm³/mol. The van der Waals surface area contributed by atoms with E-state index in [1.165, 1.54) is 0 Å². The summed E-state index contributed by atoms with van der Waals surface area (Å²) in [6, 6.07) is 14.1. The third-order valence-electron chi connectivity index (χ3n) is 5.75. The average molecular weight is 448 g/mol. The summed E-state index contributed by atoms with van der Waals surface area (Å²) in [4.78, 5) is 22.6. The van der Waals surface area contributed by atoms with Gasteiger partial charge in [-0.05, 0) is 67.8 Å². The summed E-state index contributed by atoms with van der Waals surface area (Å²) in [5.74, 6) is 1.41. The van der Waals surface area contributed by atoms with Gasteiger partial charge in [0.25, 0.3) is 5.91 Å². The Balaban J connectivity index is 1.43. The topological polar surface area (TPSA) is 103 Å². The second kappa shape index (κ2) is 10.3. The molecule has 0 bridgehead atoms. The van der Waals surface area contributed by atoms with Gasteiger partial charge in [-0.15, -0.1) is 0 Å². The predicted octanol–water partition coefficient (Wildman–Crippen LogP) is 3.74. The number of hydrogen-bond acceptors (Lipinski definition) is 7. The second-order valence-corrected chi connectivity index (χ2v) is 8.13. The fraction of sp³-hybridized carbons (Fsp3) is 0.320. The smallest absolute Gasteiger partial charge is 0.255 e. The number of nitrogens with zero attached hydrogens (tertiary/aromatic N) is 3. The van der Waals surface area contributed by atoms with Gasteiger partial charge in [-0.2, -0.15) is 0 Å². The van der Waals surface area contributed by atoms with E-state index in [0.717, 1.165) is 54.3 Å². The van der Waals surface area contributed by atoms with E-state index < -0.39 is 5.91 Å². The number of anilines is 2. The van der Waals surface area contributed by atoms with Gasteiger partial charge in [-0.1, -0.05) is 12.1 Å². The minimum Gasteiger partial charge on any atom is -0.493 e. The van der Waals surface area contributed by atoms with E-state index >= 15 is 0 Å². The molecule has 1 aliphatic rings. The molecule has 3 heterocycles. The van der Waals surface area contributed by atoms with Crippen LogP contribution < -0.4 is 20.5 Å². The van der Waals surface area contributed by atoms with Gasteiger partial charge in [0.15, 0.2) is 18.1 Å². The summed E-state index contributed by atoms with van der Waals surface area (Å²) in [6.07, 6.45) is 5.83. The van der Waals surface area contributed by atoms with Crippen LogP contribution in [0.15, 0.2) is 54.9 Å². The number of likely N-dealkylation sites (tertiary alicyclic amines) is 1. The van der Waals surface area contributed by atoms with Crippen molar-refractivity contribution in [2.75, 3.05) is 25.6 Å². The molecule has 33 heavy (non-hydrogen) atoms. The highest BCUT2D eigenvalue weighted by atomic mass is 16.5. The lowest BCUT2D eigenvalue weighted by Gasteiger charge is -2.24. The lowest BCUT2D eigenvalue weighted by Crippen LogP contribution is -2.23. The Morgan fingerprint density at radius 1 is 1.21 bits per heavy atom. The third-order valence-corrected chi connectivity index (χ3v) is 5.75. The summed E-state index contributed by atoms with van der Waals surface area (Å²) >= 11 is 0. The van der Waals surface area contributed by atoms with Crippen LogP contribution in [0.3, 0.4) is 0 Å². The number of pyridine rings is 2. The molecular formula is C25H29N5O3. The summed E-state index contributed by atoms with van der Waals surface area (Å²) in [5.41, 5.74) is 9.34. The van der Waals surface area contributed by atoms with Crippen molar-refractivity contribution < 1.29 is 14.3 Å². The Hall–Kier alpha value is -3.65. The minimum absolute atomic E-state index is 0.180.